The van der Waals surface area contributed by atoms with Crippen molar-refractivity contribution in [3.63, 3.8) is 0 Å². The normalized spacial score (nSPS) is 12.8. The number of nitrogens with zero attached hydrogens (tertiary/aromatic N) is 1. The Hall–Kier alpha value is -4.28. The number of benzene rings is 4. The minimum absolute atomic E-state index is 0.202. The van der Waals surface area contributed by atoms with Gasteiger partial charge in [0.1, 0.15) is 5.00 Å². The molecule has 0 bridgehead atoms. The number of carbonyl (C=O) groups excluding carboxylic acids is 2. The number of hydrogen-bond acceptors (Lipinski definition) is 4. The summed E-state index contributed by atoms with van der Waals surface area (Å²) < 4.78 is 1.09. The van der Waals surface area contributed by atoms with Crippen LogP contribution in [-0.4, -0.2) is 11.6 Å². The molecule has 4 heteroatoms. The molecule has 0 N–H and O–H groups in total. The van der Waals surface area contributed by atoms with E-state index in [-0.39, 0.29) is 17.1 Å². The molecule has 0 spiro atoms. The van der Waals surface area contributed by atoms with E-state index >= 15 is 0 Å². The second-order valence-corrected chi connectivity index (χ2v) is 9.21. The van der Waals surface area contributed by atoms with Gasteiger partial charge in [0.05, 0.1) is 5.57 Å². The van der Waals surface area contributed by atoms with Crippen LogP contribution in [0.2, 0.25) is 0 Å². The van der Waals surface area contributed by atoms with Crippen molar-refractivity contribution in [2.75, 3.05) is 4.90 Å². The largest absolute Gasteiger partial charge is 0.302 e. The Balaban J connectivity index is 1.41. The van der Waals surface area contributed by atoms with E-state index in [1.54, 1.807) is 41.7 Å². The SMILES string of the molecule is O=C1C(=Cc2ccc3cc(N(c4ccccc4)c4ccccc4)sc3c2)C(=O)c2ccccc21. The average molecular weight is 458 g/mol. The van der Waals surface area contributed by atoms with Crippen LogP contribution in [0.4, 0.5) is 16.4 Å². The van der Waals surface area contributed by atoms with Crippen LogP contribution in [0.5, 0.6) is 0 Å². The number of anilines is 3. The molecule has 0 atom stereocenters. The first-order chi connectivity index (χ1) is 16.7. The van der Waals surface area contributed by atoms with Gasteiger partial charge in [-0.25, -0.2) is 0 Å². The van der Waals surface area contributed by atoms with Gasteiger partial charge in [-0.1, -0.05) is 72.8 Å². The predicted molar refractivity (Wildman–Crippen MR) is 140 cm³/mol. The van der Waals surface area contributed by atoms with E-state index < -0.39 is 0 Å². The zero-order valence-corrected chi connectivity index (χ0v) is 19.0. The van der Waals surface area contributed by atoms with Crippen LogP contribution < -0.4 is 4.90 Å². The Kier molecular flexibility index (Phi) is 4.93. The first kappa shape index (κ1) is 20.3. The van der Waals surface area contributed by atoms with Crippen molar-refractivity contribution in [2.24, 2.45) is 0 Å². The summed E-state index contributed by atoms with van der Waals surface area (Å²) in [5.74, 6) is -0.404. The molecular formula is C30H19NO2S. The van der Waals surface area contributed by atoms with Gasteiger partial charge in [0, 0.05) is 27.2 Å². The van der Waals surface area contributed by atoms with E-state index in [2.05, 4.69) is 35.2 Å². The monoisotopic (exact) mass is 457 g/mol. The molecule has 0 aliphatic heterocycles. The second-order valence-electron chi connectivity index (χ2n) is 8.15. The Bertz CT molecular complexity index is 1510. The van der Waals surface area contributed by atoms with Gasteiger partial charge in [0.25, 0.3) is 0 Å². The van der Waals surface area contributed by atoms with Crippen molar-refractivity contribution < 1.29 is 9.59 Å². The first-order valence-electron chi connectivity index (χ1n) is 11.0. The van der Waals surface area contributed by atoms with Gasteiger partial charge >= 0.3 is 0 Å². The van der Waals surface area contributed by atoms with Gasteiger partial charge < -0.3 is 4.90 Å². The summed E-state index contributed by atoms with van der Waals surface area (Å²) in [7, 11) is 0. The van der Waals surface area contributed by atoms with Crippen molar-refractivity contribution in [2.45, 2.75) is 0 Å². The van der Waals surface area contributed by atoms with Gasteiger partial charge in [-0.2, -0.15) is 0 Å². The van der Waals surface area contributed by atoms with Crippen LogP contribution in [0.1, 0.15) is 26.3 Å². The van der Waals surface area contributed by atoms with Crippen LogP contribution >= 0.6 is 11.3 Å². The summed E-state index contributed by atoms with van der Waals surface area (Å²) in [6.45, 7) is 0. The molecule has 0 saturated heterocycles. The summed E-state index contributed by atoms with van der Waals surface area (Å²) in [6.07, 6.45) is 1.72. The number of fused-ring (bicyclic) bond motifs is 2. The molecule has 1 aromatic heterocycles. The molecule has 34 heavy (non-hydrogen) atoms. The van der Waals surface area contributed by atoms with E-state index in [1.807, 2.05) is 54.6 Å². The zero-order valence-electron chi connectivity index (χ0n) is 18.1. The van der Waals surface area contributed by atoms with Gasteiger partial charge in [-0.05, 0) is 53.4 Å². The third-order valence-corrected chi connectivity index (χ3v) is 7.08. The van der Waals surface area contributed by atoms with E-state index in [0.29, 0.717) is 11.1 Å². The van der Waals surface area contributed by atoms with Crippen molar-refractivity contribution >= 4 is 55.4 Å². The molecule has 0 saturated carbocycles. The lowest BCUT2D eigenvalue weighted by atomic mass is 10.1. The molecule has 0 radical (unpaired) electrons. The number of hydrogen-bond donors (Lipinski definition) is 0. The van der Waals surface area contributed by atoms with Crippen LogP contribution in [0.3, 0.4) is 0 Å². The molecule has 6 rings (SSSR count). The number of allylic oxidation sites excluding steroid dienone is 1. The highest BCUT2D eigenvalue weighted by molar-refractivity contribution is 7.23. The first-order valence-corrected chi connectivity index (χ1v) is 11.8. The molecule has 0 unspecified atom stereocenters. The fourth-order valence-electron chi connectivity index (χ4n) is 4.36. The number of thiophene rings is 1. The molecule has 1 heterocycles. The Morgan fingerprint density at radius 2 is 1.18 bits per heavy atom. The van der Waals surface area contributed by atoms with Crippen LogP contribution in [-0.2, 0) is 0 Å². The number of ketones is 2. The summed E-state index contributed by atoms with van der Waals surface area (Å²) in [4.78, 5) is 27.8. The van der Waals surface area contributed by atoms with Gasteiger partial charge in [-0.15, -0.1) is 11.3 Å². The third kappa shape index (κ3) is 3.45. The summed E-state index contributed by atoms with van der Waals surface area (Å²) in [5, 5.41) is 2.21. The lowest BCUT2D eigenvalue weighted by Gasteiger charge is -2.23. The van der Waals surface area contributed by atoms with Gasteiger partial charge in [-0.3, -0.25) is 9.59 Å². The maximum absolute atomic E-state index is 12.8. The molecule has 1 aliphatic carbocycles. The summed E-state index contributed by atoms with van der Waals surface area (Å²) >= 11 is 1.68. The van der Waals surface area contributed by atoms with Crippen molar-refractivity contribution in [1.82, 2.24) is 0 Å². The maximum Gasteiger partial charge on any atom is 0.197 e. The maximum atomic E-state index is 12.8. The fraction of sp³-hybridized carbons (Fsp3) is 0. The highest BCUT2D eigenvalue weighted by atomic mass is 32.1. The molecular weight excluding hydrogens is 438 g/mol. The standard InChI is InChI=1S/C30H19NO2S/c32-29-24-13-7-8-14-25(24)30(33)26(29)17-20-15-16-21-19-28(34-27(21)18-20)31(22-9-3-1-4-10-22)23-11-5-2-6-12-23/h1-19H. The number of rotatable bonds is 4. The van der Waals surface area contributed by atoms with Crippen LogP contribution in [0.15, 0.2) is 115 Å². The number of Topliss-reactive ketones (excluding diaryl/α,β-unsaturated/α-hetero) is 2. The lowest BCUT2D eigenvalue weighted by Crippen LogP contribution is -2.07. The Morgan fingerprint density at radius 3 is 1.76 bits per heavy atom. The number of para-hydroxylation sites is 2. The minimum Gasteiger partial charge on any atom is -0.302 e. The average Bonchev–Trinajstić information content (AvgIpc) is 3.40. The summed E-state index contributed by atoms with van der Waals surface area (Å²) in [6, 6.07) is 35.8. The highest BCUT2D eigenvalue weighted by Crippen LogP contribution is 2.41. The van der Waals surface area contributed by atoms with E-state index in [0.717, 1.165) is 32.0 Å². The molecule has 4 aromatic carbocycles. The Morgan fingerprint density at radius 1 is 0.618 bits per heavy atom. The molecule has 3 nitrogen and oxygen atoms in total. The van der Waals surface area contributed by atoms with E-state index in [9.17, 15) is 9.59 Å². The quantitative estimate of drug-likeness (QED) is 0.204. The number of carbonyl (C=O) groups is 2. The molecule has 0 fully saturated rings. The van der Waals surface area contributed by atoms with Crippen LogP contribution in [0, 0.1) is 0 Å². The van der Waals surface area contributed by atoms with Crippen molar-refractivity contribution in [1.29, 1.82) is 0 Å². The Labute approximate surface area is 201 Å². The van der Waals surface area contributed by atoms with E-state index in [1.165, 1.54) is 0 Å². The van der Waals surface area contributed by atoms with Gasteiger partial charge in [0.2, 0.25) is 0 Å². The second kappa shape index (κ2) is 8.25. The lowest BCUT2D eigenvalue weighted by molar-refractivity contribution is 0.0990. The predicted octanol–water partition coefficient (Wildman–Crippen LogP) is 7.83. The molecule has 1 aliphatic rings. The highest BCUT2D eigenvalue weighted by Gasteiger charge is 2.32. The van der Waals surface area contributed by atoms with Crippen LogP contribution in [0.25, 0.3) is 16.2 Å². The molecule has 162 valence electrons. The van der Waals surface area contributed by atoms with Crippen molar-refractivity contribution in [3.05, 3.63) is 131 Å². The molecule has 0 amide bonds. The minimum atomic E-state index is -0.202. The smallest absolute Gasteiger partial charge is 0.197 e. The van der Waals surface area contributed by atoms with Gasteiger partial charge in [0.15, 0.2) is 11.6 Å². The summed E-state index contributed by atoms with van der Waals surface area (Å²) in [5.41, 5.74) is 4.22. The fourth-order valence-corrected chi connectivity index (χ4v) is 5.51. The third-order valence-electron chi connectivity index (χ3n) is 6.00. The molecule has 5 aromatic rings. The van der Waals surface area contributed by atoms with Crippen molar-refractivity contribution in [3.8, 4) is 0 Å². The topological polar surface area (TPSA) is 37.4 Å². The van der Waals surface area contributed by atoms with E-state index in [4.69, 9.17) is 0 Å². The zero-order chi connectivity index (χ0) is 23.1.